The molecule has 1 N–H and O–H groups in total. The Morgan fingerprint density at radius 3 is 2.48 bits per heavy atom. The van der Waals surface area contributed by atoms with E-state index in [1.807, 2.05) is 32.0 Å². The van der Waals surface area contributed by atoms with Crippen LogP contribution in [0.5, 0.6) is 0 Å². The molecule has 0 radical (unpaired) electrons. The van der Waals surface area contributed by atoms with Crippen molar-refractivity contribution in [1.29, 1.82) is 0 Å². The van der Waals surface area contributed by atoms with Gasteiger partial charge in [0, 0.05) is 18.0 Å². The highest BCUT2D eigenvalue weighted by Crippen LogP contribution is 2.16. The second-order valence-corrected chi connectivity index (χ2v) is 3.87. The number of aliphatic hydroxyl groups is 1. The molecule has 0 aliphatic rings. The van der Waals surface area contributed by atoms with Crippen LogP contribution in [0.4, 0.5) is 0 Å². The van der Waals surface area contributed by atoms with E-state index in [4.69, 9.17) is 9.84 Å². The van der Waals surface area contributed by atoms with E-state index in [-0.39, 0.29) is 6.61 Å². The fraction of sp³-hybridized carbons (Fsp3) is 0.312. The van der Waals surface area contributed by atoms with Crippen LogP contribution in [0.3, 0.4) is 0 Å². The maximum atomic E-state index is 11.5. The van der Waals surface area contributed by atoms with Crippen molar-refractivity contribution in [2.75, 3.05) is 6.61 Å². The Kier molecular flexibility index (Phi) is 7.04. The number of nitrogens with zero attached hydrogens (tertiary/aromatic N) is 2. The summed E-state index contributed by atoms with van der Waals surface area (Å²) in [6, 6.07) is 7.29. The Morgan fingerprint density at radius 1 is 1.24 bits per heavy atom. The molecule has 1 aromatic heterocycles. The number of carbonyl (C=O) groups is 1. The summed E-state index contributed by atoms with van der Waals surface area (Å²) in [5, 5.41) is 9.08. The molecule has 21 heavy (non-hydrogen) atoms. The van der Waals surface area contributed by atoms with Gasteiger partial charge in [0.25, 0.3) is 0 Å². The Balaban J connectivity index is 0.00000106. The number of hydrogen-bond acceptors (Lipinski definition) is 5. The van der Waals surface area contributed by atoms with Crippen molar-refractivity contribution in [2.45, 2.75) is 27.4 Å². The number of aliphatic hydroxyl groups excluding tert-OH is 1. The first-order valence-electron chi connectivity index (χ1n) is 6.94. The molecule has 0 aliphatic carbocycles. The number of carbonyl (C=O) groups excluding carboxylic acids is 1. The van der Waals surface area contributed by atoms with Crippen LogP contribution in [-0.2, 0) is 11.3 Å². The van der Waals surface area contributed by atoms with E-state index in [2.05, 4.69) is 9.97 Å². The first kappa shape index (κ1) is 16.8. The van der Waals surface area contributed by atoms with Crippen LogP contribution in [-0.4, -0.2) is 27.7 Å². The minimum absolute atomic E-state index is 0.0330. The van der Waals surface area contributed by atoms with Crippen LogP contribution < -0.4 is 0 Å². The number of hydrogen-bond donors (Lipinski definition) is 1. The summed E-state index contributed by atoms with van der Waals surface area (Å²) in [5.74, 6) is 0.0708. The van der Waals surface area contributed by atoms with Gasteiger partial charge in [0.2, 0.25) is 0 Å². The lowest BCUT2D eigenvalue weighted by molar-refractivity contribution is 0.0525. The highest BCUT2D eigenvalue weighted by atomic mass is 16.5. The molecule has 0 saturated heterocycles. The fourth-order valence-electron chi connectivity index (χ4n) is 1.61. The first-order valence-corrected chi connectivity index (χ1v) is 6.94. The molecule has 2 rings (SSSR count). The van der Waals surface area contributed by atoms with Crippen molar-refractivity contribution in [1.82, 2.24) is 9.97 Å². The quantitative estimate of drug-likeness (QED) is 0.876. The molecular formula is C16H20N2O3. The summed E-state index contributed by atoms with van der Waals surface area (Å²) in [4.78, 5) is 19.7. The maximum Gasteiger partial charge on any atom is 0.341 e. The monoisotopic (exact) mass is 288 g/mol. The normalized spacial score (nSPS) is 9.52. The van der Waals surface area contributed by atoms with Gasteiger partial charge in [-0.1, -0.05) is 32.0 Å². The van der Waals surface area contributed by atoms with Gasteiger partial charge in [-0.05, 0) is 18.6 Å². The number of benzene rings is 1. The van der Waals surface area contributed by atoms with Crippen LogP contribution in [0.25, 0.3) is 11.4 Å². The van der Waals surface area contributed by atoms with Gasteiger partial charge in [-0.25, -0.2) is 14.8 Å². The van der Waals surface area contributed by atoms with E-state index in [1.54, 1.807) is 13.0 Å². The molecule has 1 aromatic carbocycles. The van der Waals surface area contributed by atoms with Crippen molar-refractivity contribution in [3.05, 3.63) is 47.8 Å². The molecule has 112 valence electrons. The number of rotatable bonds is 4. The third-order valence-corrected chi connectivity index (χ3v) is 2.53. The Labute approximate surface area is 124 Å². The minimum Gasteiger partial charge on any atom is -0.462 e. The first-order chi connectivity index (χ1) is 10.2. The summed E-state index contributed by atoms with van der Waals surface area (Å²) in [7, 11) is 0. The second-order valence-electron chi connectivity index (χ2n) is 3.87. The zero-order valence-corrected chi connectivity index (χ0v) is 12.5. The van der Waals surface area contributed by atoms with Crippen LogP contribution in [0.15, 0.2) is 36.7 Å². The van der Waals surface area contributed by atoms with Gasteiger partial charge in [-0.15, -0.1) is 0 Å². The van der Waals surface area contributed by atoms with E-state index in [0.717, 1.165) is 11.1 Å². The molecule has 0 bridgehead atoms. The van der Waals surface area contributed by atoms with E-state index in [0.29, 0.717) is 18.0 Å². The largest absolute Gasteiger partial charge is 0.462 e. The number of aromatic nitrogens is 2. The van der Waals surface area contributed by atoms with Crippen molar-refractivity contribution >= 4 is 5.97 Å². The standard InChI is InChI=1S/C14H14N2O3.C2H6/c1-2-19-14(18)12-7-15-13(16-8-12)11-5-3-4-10(6-11)9-17;1-2/h3-8,17H,2,9H2,1H3;1-2H3. The zero-order valence-electron chi connectivity index (χ0n) is 12.5. The van der Waals surface area contributed by atoms with Crippen molar-refractivity contribution < 1.29 is 14.6 Å². The van der Waals surface area contributed by atoms with Crippen LogP contribution in [0.1, 0.15) is 36.7 Å². The molecule has 0 fully saturated rings. The lowest BCUT2D eigenvalue weighted by Gasteiger charge is -2.04. The van der Waals surface area contributed by atoms with Gasteiger partial charge in [0.15, 0.2) is 5.82 Å². The van der Waals surface area contributed by atoms with Crippen LogP contribution in [0.2, 0.25) is 0 Å². The van der Waals surface area contributed by atoms with Gasteiger partial charge < -0.3 is 9.84 Å². The Morgan fingerprint density at radius 2 is 1.90 bits per heavy atom. The minimum atomic E-state index is -0.432. The average Bonchev–Trinajstić information content (AvgIpc) is 2.57. The molecule has 0 unspecified atom stereocenters. The van der Waals surface area contributed by atoms with Crippen molar-refractivity contribution in [3.63, 3.8) is 0 Å². The molecule has 1 heterocycles. The molecule has 0 atom stereocenters. The third kappa shape index (κ3) is 4.65. The lowest BCUT2D eigenvalue weighted by Crippen LogP contribution is -2.06. The predicted molar refractivity (Wildman–Crippen MR) is 80.7 cm³/mol. The lowest BCUT2D eigenvalue weighted by atomic mass is 10.1. The molecule has 0 saturated carbocycles. The highest BCUT2D eigenvalue weighted by molar-refractivity contribution is 5.88. The van der Waals surface area contributed by atoms with Crippen molar-refractivity contribution in [2.24, 2.45) is 0 Å². The smallest absolute Gasteiger partial charge is 0.341 e. The van der Waals surface area contributed by atoms with Gasteiger partial charge >= 0.3 is 5.97 Å². The molecule has 5 heteroatoms. The molecule has 0 spiro atoms. The predicted octanol–water partition coefficient (Wildman–Crippen LogP) is 2.84. The van der Waals surface area contributed by atoms with E-state index in [9.17, 15) is 4.79 Å². The topological polar surface area (TPSA) is 72.3 Å². The van der Waals surface area contributed by atoms with E-state index < -0.39 is 5.97 Å². The summed E-state index contributed by atoms with van der Waals surface area (Å²) in [5.41, 5.74) is 1.90. The molecule has 5 nitrogen and oxygen atoms in total. The van der Waals surface area contributed by atoms with E-state index >= 15 is 0 Å². The van der Waals surface area contributed by atoms with E-state index in [1.165, 1.54) is 12.4 Å². The third-order valence-electron chi connectivity index (χ3n) is 2.53. The van der Waals surface area contributed by atoms with Gasteiger partial charge in [0.1, 0.15) is 0 Å². The second kappa shape index (κ2) is 8.81. The van der Waals surface area contributed by atoms with Gasteiger partial charge in [-0.2, -0.15) is 0 Å². The molecule has 0 aliphatic heterocycles. The van der Waals surface area contributed by atoms with Crippen LogP contribution in [0, 0.1) is 0 Å². The summed E-state index contributed by atoms with van der Waals surface area (Å²) >= 11 is 0. The van der Waals surface area contributed by atoms with Crippen LogP contribution >= 0.6 is 0 Å². The van der Waals surface area contributed by atoms with Gasteiger partial charge in [0.05, 0.1) is 18.8 Å². The van der Waals surface area contributed by atoms with Crippen molar-refractivity contribution in [3.8, 4) is 11.4 Å². The summed E-state index contributed by atoms with van der Waals surface area (Å²) < 4.78 is 4.86. The Hall–Kier alpha value is -2.27. The average molecular weight is 288 g/mol. The van der Waals surface area contributed by atoms with Gasteiger partial charge in [-0.3, -0.25) is 0 Å². The summed E-state index contributed by atoms with van der Waals surface area (Å²) in [6.45, 7) is 6.03. The summed E-state index contributed by atoms with van der Waals surface area (Å²) in [6.07, 6.45) is 2.87. The molecule has 2 aromatic rings. The fourth-order valence-corrected chi connectivity index (χ4v) is 1.61. The Bertz CT molecular complexity index is 568. The zero-order chi connectivity index (χ0) is 15.7. The SMILES string of the molecule is CC.CCOC(=O)c1cnc(-c2cccc(CO)c2)nc1. The molecular weight excluding hydrogens is 268 g/mol. The highest BCUT2D eigenvalue weighted by Gasteiger charge is 2.08. The number of esters is 1. The molecule has 0 amide bonds. The number of ether oxygens (including phenoxy) is 1. The maximum absolute atomic E-state index is 11.5.